The molecule has 0 spiro atoms. The zero-order valence-electron chi connectivity index (χ0n) is 23.1. The molecule has 0 fully saturated rings. The van der Waals surface area contributed by atoms with E-state index in [2.05, 4.69) is 68.8 Å². The summed E-state index contributed by atoms with van der Waals surface area (Å²) in [7, 11) is 0. The van der Waals surface area contributed by atoms with Gasteiger partial charge in [0.1, 0.15) is 18.2 Å². The highest BCUT2D eigenvalue weighted by molar-refractivity contribution is 9.10. The van der Waals surface area contributed by atoms with E-state index in [0.29, 0.717) is 27.8 Å². The monoisotopic (exact) mass is 621 g/mol. The molecule has 42 heavy (non-hydrogen) atoms. The molecule has 0 bridgehead atoms. The second kappa shape index (κ2) is 13.3. The van der Waals surface area contributed by atoms with E-state index in [1.165, 1.54) is 6.07 Å². The summed E-state index contributed by atoms with van der Waals surface area (Å²) in [5.41, 5.74) is 9.44. The third-order valence-electron chi connectivity index (χ3n) is 6.75. The quantitative estimate of drug-likeness (QED) is 0.0966. The van der Waals surface area contributed by atoms with Crippen molar-refractivity contribution >= 4 is 28.1 Å². The van der Waals surface area contributed by atoms with Crippen molar-refractivity contribution in [1.29, 1.82) is 0 Å². The largest absolute Gasteiger partial charge is 0.487 e. The van der Waals surface area contributed by atoms with E-state index in [-0.39, 0.29) is 18.3 Å². The van der Waals surface area contributed by atoms with Gasteiger partial charge in [0.05, 0.1) is 16.4 Å². The summed E-state index contributed by atoms with van der Waals surface area (Å²) in [6.45, 7) is 5.98. The van der Waals surface area contributed by atoms with Crippen molar-refractivity contribution in [1.82, 2.24) is 9.99 Å². The highest BCUT2D eigenvalue weighted by atomic mass is 79.9. The Morgan fingerprint density at radius 1 is 0.976 bits per heavy atom. The van der Waals surface area contributed by atoms with Crippen LogP contribution in [-0.4, -0.2) is 16.7 Å². The molecule has 0 aliphatic rings. The predicted octanol–water partition coefficient (Wildman–Crippen LogP) is 8.43. The Morgan fingerprint density at radius 3 is 2.45 bits per heavy atom. The van der Waals surface area contributed by atoms with Crippen LogP contribution in [-0.2, 0) is 13.0 Å². The van der Waals surface area contributed by atoms with Crippen LogP contribution in [0.25, 0.3) is 16.9 Å². The van der Waals surface area contributed by atoms with Gasteiger partial charge in [-0.25, -0.2) is 9.82 Å². The summed E-state index contributed by atoms with van der Waals surface area (Å²) in [5.74, 6) is -0.0295. The lowest BCUT2D eigenvalue weighted by Gasteiger charge is -2.14. The van der Waals surface area contributed by atoms with Crippen molar-refractivity contribution in [2.24, 2.45) is 5.10 Å². The number of amides is 1. The van der Waals surface area contributed by atoms with Gasteiger partial charge in [-0.2, -0.15) is 5.10 Å². The van der Waals surface area contributed by atoms with Crippen LogP contribution in [0.15, 0.2) is 125 Å². The van der Waals surface area contributed by atoms with Gasteiger partial charge in [-0.15, -0.1) is 6.58 Å². The number of benzene rings is 4. The summed E-state index contributed by atoms with van der Waals surface area (Å²) in [6.07, 6.45) is 3.88. The number of nitrogens with zero attached hydrogens (tertiary/aromatic N) is 2. The molecule has 1 aromatic heterocycles. The SMILES string of the molecule is C=CCc1cc(/C=N/NC(=O)c2ccc(-n3c(C)ccc3-c3ccccc3)cc2)cc(Br)c1OCc1ccccc1F. The lowest BCUT2D eigenvalue weighted by molar-refractivity contribution is 0.0955. The van der Waals surface area contributed by atoms with Crippen molar-refractivity contribution < 1.29 is 13.9 Å². The standard InChI is InChI=1S/C35H29BrFN3O2/c1-3-9-28-20-25(21-31(36)34(28)42-23-29-12-7-8-13-32(29)37)22-38-39-35(41)27-15-17-30(18-16-27)40-24(2)14-19-33(40)26-10-5-4-6-11-26/h3-8,10-22H,1,9,23H2,2H3,(H,39,41)/b38-22+. The molecule has 0 saturated carbocycles. The molecule has 5 rings (SSSR count). The van der Waals surface area contributed by atoms with Crippen LogP contribution >= 0.6 is 15.9 Å². The van der Waals surface area contributed by atoms with Crippen molar-refractivity contribution in [3.05, 3.63) is 154 Å². The molecule has 5 nitrogen and oxygen atoms in total. The molecule has 1 heterocycles. The number of hydrogen-bond acceptors (Lipinski definition) is 3. The number of ether oxygens (including phenoxy) is 1. The molecule has 0 saturated heterocycles. The van der Waals surface area contributed by atoms with Crippen molar-refractivity contribution in [3.63, 3.8) is 0 Å². The maximum atomic E-state index is 14.1. The minimum absolute atomic E-state index is 0.0924. The summed E-state index contributed by atoms with van der Waals surface area (Å²) in [6, 6.07) is 32.1. The van der Waals surface area contributed by atoms with E-state index in [1.54, 1.807) is 42.6 Å². The topological polar surface area (TPSA) is 55.6 Å². The smallest absolute Gasteiger partial charge is 0.271 e. The van der Waals surface area contributed by atoms with Gasteiger partial charge in [-0.3, -0.25) is 4.79 Å². The summed E-state index contributed by atoms with van der Waals surface area (Å²) >= 11 is 3.56. The molecule has 0 atom stereocenters. The second-order valence-electron chi connectivity index (χ2n) is 9.67. The van der Waals surface area contributed by atoms with Crippen LogP contribution in [0, 0.1) is 12.7 Å². The fourth-order valence-electron chi connectivity index (χ4n) is 4.69. The Morgan fingerprint density at radius 2 is 1.71 bits per heavy atom. The average molecular weight is 623 g/mol. The first-order chi connectivity index (χ1) is 20.4. The molecule has 4 aromatic carbocycles. The zero-order valence-corrected chi connectivity index (χ0v) is 24.6. The minimum atomic E-state index is -0.319. The van der Waals surface area contributed by atoms with E-state index in [1.807, 2.05) is 42.5 Å². The van der Waals surface area contributed by atoms with Crippen molar-refractivity contribution in [2.45, 2.75) is 20.0 Å². The van der Waals surface area contributed by atoms with Crippen LogP contribution in [0.2, 0.25) is 0 Å². The molecule has 7 heteroatoms. The fourth-order valence-corrected chi connectivity index (χ4v) is 5.32. The molecule has 0 radical (unpaired) electrons. The van der Waals surface area contributed by atoms with Crippen LogP contribution in [0.1, 0.15) is 32.7 Å². The van der Waals surface area contributed by atoms with Crippen LogP contribution in [0.4, 0.5) is 4.39 Å². The van der Waals surface area contributed by atoms with Gasteiger partial charge in [0.2, 0.25) is 0 Å². The normalized spacial score (nSPS) is 11.0. The molecule has 1 N–H and O–H groups in total. The first-order valence-electron chi connectivity index (χ1n) is 13.4. The molecule has 1 amide bonds. The second-order valence-corrected chi connectivity index (χ2v) is 10.5. The zero-order chi connectivity index (χ0) is 29.5. The number of halogens is 2. The maximum Gasteiger partial charge on any atom is 0.271 e. The van der Waals surface area contributed by atoms with Gasteiger partial charge in [0.15, 0.2) is 0 Å². The number of aryl methyl sites for hydroxylation is 1. The average Bonchev–Trinajstić information content (AvgIpc) is 3.39. The first-order valence-corrected chi connectivity index (χ1v) is 14.2. The van der Waals surface area contributed by atoms with E-state index >= 15 is 0 Å². The molecule has 210 valence electrons. The Labute approximate surface area is 253 Å². The van der Waals surface area contributed by atoms with Gasteiger partial charge in [0, 0.05) is 22.5 Å². The van der Waals surface area contributed by atoms with Crippen LogP contribution in [0.5, 0.6) is 5.75 Å². The molecule has 0 aliphatic carbocycles. The fraction of sp³-hybridized carbons (Fsp3) is 0.0857. The molecular weight excluding hydrogens is 593 g/mol. The third kappa shape index (κ3) is 6.58. The minimum Gasteiger partial charge on any atom is -0.487 e. The molecular formula is C35H29BrFN3O2. The number of carbonyl (C=O) groups is 1. The van der Waals surface area contributed by atoms with Gasteiger partial charge in [-0.05, 0) is 101 Å². The lowest BCUT2D eigenvalue weighted by Crippen LogP contribution is -2.17. The van der Waals surface area contributed by atoms with E-state index in [0.717, 1.165) is 33.8 Å². The maximum absolute atomic E-state index is 14.1. The summed E-state index contributed by atoms with van der Waals surface area (Å²) in [5, 5.41) is 4.17. The van der Waals surface area contributed by atoms with Crippen molar-refractivity contribution in [3.8, 4) is 22.7 Å². The van der Waals surface area contributed by atoms with Gasteiger partial charge in [-0.1, -0.05) is 54.6 Å². The number of carbonyl (C=O) groups excluding carboxylic acids is 1. The van der Waals surface area contributed by atoms with Gasteiger partial charge < -0.3 is 9.30 Å². The molecule has 0 aliphatic heterocycles. The summed E-state index contributed by atoms with van der Waals surface area (Å²) in [4.78, 5) is 12.8. The number of nitrogens with one attached hydrogen (secondary N) is 1. The summed E-state index contributed by atoms with van der Waals surface area (Å²) < 4.78 is 22.9. The third-order valence-corrected chi connectivity index (χ3v) is 7.34. The van der Waals surface area contributed by atoms with Gasteiger partial charge in [0.25, 0.3) is 5.91 Å². The number of rotatable bonds is 10. The molecule has 5 aromatic rings. The molecule has 0 unspecified atom stereocenters. The van der Waals surface area contributed by atoms with Crippen LogP contribution < -0.4 is 10.2 Å². The highest BCUT2D eigenvalue weighted by Gasteiger charge is 2.13. The van der Waals surface area contributed by atoms with E-state index in [9.17, 15) is 9.18 Å². The lowest BCUT2D eigenvalue weighted by atomic mass is 10.1. The first kappa shape index (κ1) is 28.8. The number of hydrazone groups is 1. The Bertz CT molecular complexity index is 1740. The highest BCUT2D eigenvalue weighted by Crippen LogP contribution is 2.32. The van der Waals surface area contributed by atoms with Gasteiger partial charge >= 0.3 is 0 Å². The number of aromatic nitrogens is 1. The van der Waals surface area contributed by atoms with E-state index in [4.69, 9.17) is 4.74 Å². The number of allylic oxidation sites excluding steroid dienone is 1. The Balaban J connectivity index is 1.27. The Kier molecular flexibility index (Phi) is 9.09. The Hall–Kier alpha value is -4.75. The van der Waals surface area contributed by atoms with Crippen LogP contribution in [0.3, 0.4) is 0 Å². The predicted molar refractivity (Wildman–Crippen MR) is 170 cm³/mol. The van der Waals surface area contributed by atoms with E-state index < -0.39 is 0 Å². The van der Waals surface area contributed by atoms with Crippen molar-refractivity contribution in [2.75, 3.05) is 0 Å². The number of hydrogen-bond donors (Lipinski definition) is 1.